The molecule has 0 saturated heterocycles. The molecule has 0 unspecified atom stereocenters. The minimum atomic E-state index is -0.483. The smallest absolute Gasteiger partial charge is 0.212 e. The number of hydrogen-bond donors (Lipinski definition) is 1. The summed E-state index contributed by atoms with van der Waals surface area (Å²) in [6.45, 7) is 0.591. The van der Waals surface area contributed by atoms with Crippen LogP contribution in [0.15, 0.2) is 37.1 Å². The normalized spacial score (nSPS) is 9.93. The Morgan fingerprint density at radius 3 is 2.60 bits per heavy atom. The van der Waals surface area contributed by atoms with Gasteiger partial charge in [0.2, 0.25) is 5.95 Å². The first-order valence-corrected chi connectivity index (χ1v) is 4.44. The van der Waals surface area contributed by atoms with Crippen LogP contribution in [0.25, 0.3) is 0 Å². The van der Waals surface area contributed by atoms with Crippen LogP contribution in [-0.4, -0.2) is 15.0 Å². The quantitative estimate of drug-likeness (QED) is 0.772. The van der Waals surface area contributed by atoms with E-state index in [-0.39, 0.29) is 0 Å². The molecule has 0 spiro atoms. The molecule has 76 valence electrons. The molecule has 0 bridgehead atoms. The molecule has 0 atom stereocenters. The van der Waals surface area contributed by atoms with Crippen molar-refractivity contribution in [1.82, 2.24) is 15.0 Å². The number of nitrogens with one attached hydrogen (secondary N) is 1. The average molecular weight is 204 g/mol. The minimum Gasteiger partial charge on any atom is -0.380 e. The number of anilines is 1. The van der Waals surface area contributed by atoms with Crippen molar-refractivity contribution in [3.8, 4) is 0 Å². The Labute approximate surface area is 86.2 Å². The van der Waals surface area contributed by atoms with E-state index in [1.165, 1.54) is 18.6 Å². The first-order chi connectivity index (χ1) is 7.34. The van der Waals surface area contributed by atoms with Crippen molar-refractivity contribution in [3.63, 3.8) is 0 Å². The molecule has 0 saturated carbocycles. The van der Waals surface area contributed by atoms with Crippen LogP contribution >= 0.6 is 0 Å². The molecular weight excluding hydrogens is 195 g/mol. The van der Waals surface area contributed by atoms with E-state index in [0.717, 1.165) is 11.3 Å². The lowest BCUT2D eigenvalue weighted by Gasteiger charge is -2.04. The number of aromatic nitrogens is 3. The molecular formula is C10H9FN4. The molecule has 2 aromatic rings. The van der Waals surface area contributed by atoms with Crippen LogP contribution in [0.2, 0.25) is 0 Å². The van der Waals surface area contributed by atoms with E-state index in [2.05, 4.69) is 20.3 Å². The van der Waals surface area contributed by atoms with Gasteiger partial charge in [-0.15, -0.1) is 0 Å². The summed E-state index contributed by atoms with van der Waals surface area (Å²) in [7, 11) is 0. The second kappa shape index (κ2) is 4.45. The van der Waals surface area contributed by atoms with Crippen molar-refractivity contribution in [2.75, 3.05) is 5.32 Å². The summed E-state index contributed by atoms with van der Waals surface area (Å²) in [6.07, 6.45) is 6.36. The molecule has 15 heavy (non-hydrogen) atoms. The molecule has 0 aromatic carbocycles. The van der Waals surface area contributed by atoms with Gasteiger partial charge in [0.1, 0.15) is 6.33 Å². The number of rotatable bonds is 3. The van der Waals surface area contributed by atoms with E-state index in [4.69, 9.17) is 0 Å². The lowest BCUT2D eigenvalue weighted by Crippen LogP contribution is -2.00. The van der Waals surface area contributed by atoms with Crippen molar-refractivity contribution >= 4 is 5.69 Å². The van der Waals surface area contributed by atoms with Crippen LogP contribution in [0.3, 0.4) is 0 Å². The van der Waals surface area contributed by atoms with E-state index in [9.17, 15) is 4.39 Å². The summed E-state index contributed by atoms with van der Waals surface area (Å²) >= 11 is 0. The highest BCUT2D eigenvalue weighted by molar-refractivity contribution is 5.40. The SMILES string of the molecule is Fc1ccc(NCc2cncnc2)cn1. The summed E-state index contributed by atoms with van der Waals surface area (Å²) in [5, 5.41) is 3.08. The molecule has 4 nitrogen and oxygen atoms in total. The standard InChI is InChI=1S/C10H9FN4/c11-10-2-1-9(6-15-10)14-5-8-3-12-7-13-4-8/h1-4,6-7,14H,5H2. The molecule has 2 heterocycles. The second-order valence-electron chi connectivity index (χ2n) is 2.97. The predicted octanol–water partition coefficient (Wildman–Crippen LogP) is 1.62. The van der Waals surface area contributed by atoms with E-state index in [0.29, 0.717) is 6.54 Å². The molecule has 0 aliphatic heterocycles. The number of hydrogen-bond acceptors (Lipinski definition) is 4. The maximum Gasteiger partial charge on any atom is 0.212 e. The van der Waals surface area contributed by atoms with E-state index >= 15 is 0 Å². The van der Waals surface area contributed by atoms with Crippen LogP contribution in [-0.2, 0) is 6.54 Å². The lowest BCUT2D eigenvalue weighted by atomic mass is 10.3. The summed E-state index contributed by atoms with van der Waals surface area (Å²) in [4.78, 5) is 11.3. The topological polar surface area (TPSA) is 50.7 Å². The van der Waals surface area contributed by atoms with Crippen molar-refractivity contribution in [2.24, 2.45) is 0 Å². The third-order valence-corrected chi connectivity index (χ3v) is 1.84. The largest absolute Gasteiger partial charge is 0.380 e. The third-order valence-electron chi connectivity index (χ3n) is 1.84. The van der Waals surface area contributed by atoms with Gasteiger partial charge in [-0.05, 0) is 12.1 Å². The minimum absolute atomic E-state index is 0.483. The zero-order chi connectivity index (χ0) is 10.5. The van der Waals surface area contributed by atoms with Gasteiger partial charge in [-0.2, -0.15) is 4.39 Å². The predicted molar refractivity (Wildman–Crippen MR) is 53.6 cm³/mol. The fourth-order valence-electron chi connectivity index (χ4n) is 1.11. The highest BCUT2D eigenvalue weighted by Crippen LogP contribution is 2.06. The van der Waals surface area contributed by atoms with E-state index < -0.39 is 5.95 Å². The second-order valence-corrected chi connectivity index (χ2v) is 2.97. The van der Waals surface area contributed by atoms with Crippen molar-refractivity contribution in [3.05, 3.63) is 48.6 Å². The summed E-state index contributed by atoms with van der Waals surface area (Å²) in [6, 6.07) is 2.94. The molecule has 1 N–H and O–H groups in total. The number of halogens is 1. The molecule has 2 aromatic heterocycles. The van der Waals surface area contributed by atoms with Crippen LogP contribution in [0, 0.1) is 5.95 Å². The zero-order valence-corrected chi connectivity index (χ0v) is 7.89. The van der Waals surface area contributed by atoms with Crippen LogP contribution in [0.5, 0.6) is 0 Å². The average Bonchev–Trinajstić information content (AvgIpc) is 2.30. The molecule has 0 amide bonds. The highest BCUT2D eigenvalue weighted by atomic mass is 19.1. The summed E-state index contributed by atoms with van der Waals surface area (Å²) in [5.74, 6) is -0.483. The summed E-state index contributed by atoms with van der Waals surface area (Å²) in [5.41, 5.74) is 1.72. The maximum absolute atomic E-state index is 12.5. The Kier molecular flexibility index (Phi) is 2.82. The Hall–Kier alpha value is -2.04. The monoisotopic (exact) mass is 204 g/mol. The molecule has 5 heteroatoms. The Balaban J connectivity index is 1.96. The fraction of sp³-hybridized carbons (Fsp3) is 0.100. The number of nitrogens with zero attached hydrogens (tertiary/aromatic N) is 3. The first kappa shape index (κ1) is 9.51. The summed E-state index contributed by atoms with van der Waals surface area (Å²) < 4.78 is 12.5. The third kappa shape index (κ3) is 2.70. The van der Waals surface area contributed by atoms with Gasteiger partial charge in [-0.1, -0.05) is 0 Å². The lowest BCUT2D eigenvalue weighted by molar-refractivity contribution is 0.584. The van der Waals surface area contributed by atoms with Gasteiger partial charge in [0.25, 0.3) is 0 Å². The van der Waals surface area contributed by atoms with Gasteiger partial charge < -0.3 is 5.32 Å². The van der Waals surface area contributed by atoms with Crippen LogP contribution in [0.1, 0.15) is 5.56 Å². The molecule has 0 fully saturated rings. The van der Waals surface area contributed by atoms with Crippen LogP contribution < -0.4 is 5.32 Å². The van der Waals surface area contributed by atoms with Crippen molar-refractivity contribution in [1.29, 1.82) is 0 Å². The molecule has 0 radical (unpaired) electrons. The van der Waals surface area contributed by atoms with Gasteiger partial charge in [0.05, 0.1) is 11.9 Å². The zero-order valence-electron chi connectivity index (χ0n) is 7.89. The van der Waals surface area contributed by atoms with E-state index in [1.54, 1.807) is 18.5 Å². The molecule has 2 rings (SSSR count). The molecule has 0 aliphatic carbocycles. The van der Waals surface area contributed by atoms with Gasteiger partial charge >= 0.3 is 0 Å². The Morgan fingerprint density at radius 1 is 1.13 bits per heavy atom. The first-order valence-electron chi connectivity index (χ1n) is 4.44. The van der Waals surface area contributed by atoms with Crippen LogP contribution in [0.4, 0.5) is 10.1 Å². The van der Waals surface area contributed by atoms with Gasteiger partial charge in [0.15, 0.2) is 0 Å². The van der Waals surface area contributed by atoms with Gasteiger partial charge in [-0.25, -0.2) is 15.0 Å². The van der Waals surface area contributed by atoms with E-state index in [1.807, 2.05) is 0 Å². The highest BCUT2D eigenvalue weighted by Gasteiger charge is 1.95. The van der Waals surface area contributed by atoms with Gasteiger partial charge in [-0.3, -0.25) is 0 Å². The van der Waals surface area contributed by atoms with Gasteiger partial charge in [0, 0.05) is 24.5 Å². The maximum atomic E-state index is 12.5. The Morgan fingerprint density at radius 2 is 1.93 bits per heavy atom. The Bertz CT molecular complexity index is 415. The number of pyridine rings is 1. The van der Waals surface area contributed by atoms with Crippen molar-refractivity contribution in [2.45, 2.75) is 6.54 Å². The molecule has 0 aliphatic rings. The van der Waals surface area contributed by atoms with Crippen molar-refractivity contribution < 1.29 is 4.39 Å². The fourth-order valence-corrected chi connectivity index (χ4v) is 1.11.